The standard InChI is InChI=1S/C16H32N2O2S/c1-16(2)9-5-4-8-14(16)15(17)11-13-7-6-10-18(12-13)21(3,19)20/h13-15H,4-12,17H2,1-3H3. The molecule has 0 aromatic carbocycles. The monoisotopic (exact) mass is 316 g/mol. The molecule has 4 nitrogen and oxygen atoms in total. The van der Waals surface area contributed by atoms with Crippen molar-refractivity contribution >= 4 is 10.0 Å². The quantitative estimate of drug-likeness (QED) is 0.867. The lowest BCUT2D eigenvalue weighted by Crippen LogP contribution is -2.45. The van der Waals surface area contributed by atoms with Crippen LogP contribution in [0.5, 0.6) is 0 Å². The molecule has 0 bridgehead atoms. The summed E-state index contributed by atoms with van der Waals surface area (Å²) in [5.74, 6) is 1.01. The third-order valence-electron chi connectivity index (χ3n) is 5.66. The van der Waals surface area contributed by atoms with E-state index in [0.717, 1.165) is 19.3 Å². The van der Waals surface area contributed by atoms with Crippen molar-refractivity contribution < 1.29 is 8.42 Å². The van der Waals surface area contributed by atoms with E-state index in [-0.39, 0.29) is 6.04 Å². The van der Waals surface area contributed by atoms with Gasteiger partial charge in [0.05, 0.1) is 6.26 Å². The van der Waals surface area contributed by atoms with Crippen LogP contribution < -0.4 is 5.73 Å². The number of nitrogens with zero attached hydrogens (tertiary/aromatic N) is 1. The molecular formula is C16H32N2O2S. The van der Waals surface area contributed by atoms with Crippen LogP contribution in [0.1, 0.15) is 58.8 Å². The third kappa shape index (κ3) is 4.42. The summed E-state index contributed by atoms with van der Waals surface area (Å²) in [5, 5.41) is 0. The van der Waals surface area contributed by atoms with Crippen molar-refractivity contribution in [3.05, 3.63) is 0 Å². The molecule has 0 aromatic heterocycles. The van der Waals surface area contributed by atoms with Gasteiger partial charge in [-0.25, -0.2) is 12.7 Å². The van der Waals surface area contributed by atoms with Crippen LogP contribution in [0.4, 0.5) is 0 Å². The van der Waals surface area contributed by atoms with Gasteiger partial charge in [-0.3, -0.25) is 0 Å². The Morgan fingerprint density at radius 3 is 2.57 bits per heavy atom. The van der Waals surface area contributed by atoms with Gasteiger partial charge in [-0.2, -0.15) is 0 Å². The van der Waals surface area contributed by atoms with Crippen LogP contribution in [-0.4, -0.2) is 38.1 Å². The number of hydrogen-bond donors (Lipinski definition) is 1. The van der Waals surface area contributed by atoms with Gasteiger partial charge in [0.15, 0.2) is 0 Å². The van der Waals surface area contributed by atoms with Crippen LogP contribution in [-0.2, 0) is 10.0 Å². The number of hydrogen-bond acceptors (Lipinski definition) is 3. The summed E-state index contributed by atoms with van der Waals surface area (Å²) >= 11 is 0. The Bertz CT molecular complexity index is 447. The van der Waals surface area contributed by atoms with E-state index < -0.39 is 10.0 Å². The maximum atomic E-state index is 11.7. The van der Waals surface area contributed by atoms with Crippen molar-refractivity contribution in [1.82, 2.24) is 4.31 Å². The molecule has 3 unspecified atom stereocenters. The van der Waals surface area contributed by atoms with E-state index in [1.807, 2.05) is 0 Å². The third-order valence-corrected chi connectivity index (χ3v) is 6.93. The van der Waals surface area contributed by atoms with Crippen molar-refractivity contribution in [3.8, 4) is 0 Å². The topological polar surface area (TPSA) is 63.4 Å². The number of rotatable bonds is 4. The fourth-order valence-corrected chi connectivity index (χ4v) is 5.33. The molecule has 3 atom stereocenters. The van der Waals surface area contributed by atoms with E-state index in [2.05, 4.69) is 13.8 Å². The van der Waals surface area contributed by atoms with Gasteiger partial charge in [0.2, 0.25) is 10.0 Å². The fourth-order valence-electron chi connectivity index (χ4n) is 4.38. The van der Waals surface area contributed by atoms with Crippen LogP contribution in [0.25, 0.3) is 0 Å². The summed E-state index contributed by atoms with van der Waals surface area (Å²) in [6, 6.07) is 0.213. The molecule has 1 aliphatic heterocycles. The molecule has 5 heteroatoms. The minimum Gasteiger partial charge on any atom is -0.327 e. The van der Waals surface area contributed by atoms with Gasteiger partial charge < -0.3 is 5.73 Å². The van der Waals surface area contributed by atoms with Crippen LogP contribution in [0.3, 0.4) is 0 Å². The van der Waals surface area contributed by atoms with Crippen molar-refractivity contribution in [2.45, 2.75) is 64.8 Å². The highest BCUT2D eigenvalue weighted by Gasteiger charge is 2.37. The van der Waals surface area contributed by atoms with Gasteiger partial charge in [0, 0.05) is 19.1 Å². The first-order valence-electron chi connectivity index (χ1n) is 8.41. The number of nitrogens with two attached hydrogens (primary N) is 1. The first-order chi connectivity index (χ1) is 9.70. The summed E-state index contributed by atoms with van der Waals surface area (Å²) in [5.41, 5.74) is 6.88. The number of piperidine rings is 1. The van der Waals surface area contributed by atoms with E-state index in [0.29, 0.717) is 30.3 Å². The molecule has 0 amide bonds. The van der Waals surface area contributed by atoms with Crippen molar-refractivity contribution in [2.75, 3.05) is 19.3 Å². The molecule has 21 heavy (non-hydrogen) atoms. The second-order valence-electron chi connectivity index (χ2n) is 7.87. The van der Waals surface area contributed by atoms with Gasteiger partial charge in [-0.05, 0) is 49.4 Å². The predicted octanol–water partition coefficient (Wildman–Crippen LogP) is 2.59. The van der Waals surface area contributed by atoms with Crippen molar-refractivity contribution in [1.29, 1.82) is 0 Å². The molecule has 0 radical (unpaired) electrons. The minimum atomic E-state index is -3.05. The van der Waals surface area contributed by atoms with Crippen molar-refractivity contribution in [3.63, 3.8) is 0 Å². The fraction of sp³-hybridized carbons (Fsp3) is 1.00. The smallest absolute Gasteiger partial charge is 0.211 e. The Morgan fingerprint density at radius 1 is 1.24 bits per heavy atom. The van der Waals surface area contributed by atoms with Crippen LogP contribution in [0, 0.1) is 17.3 Å². The van der Waals surface area contributed by atoms with E-state index in [4.69, 9.17) is 5.73 Å². The van der Waals surface area contributed by atoms with Crippen LogP contribution in [0.15, 0.2) is 0 Å². The summed E-state index contributed by atoms with van der Waals surface area (Å²) in [6.45, 7) is 6.04. The lowest BCUT2D eigenvalue weighted by Gasteiger charge is -2.43. The zero-order valence-corrected chi connectivity index (χ0v) is 14.7. The Morgan fingerprint density at radius 2 is 1.95 bits per heavy atom. The first kappa shape index (κ1) is 17.2. The highest BCUT2D eigenvalue weighted by atomic mass is 32.2. The SMILES string of the molecule is CC1(C)CCCCC1C(N)CC1CCCN(S(C)(=O)=O)C1. The van der Waals surface area contributed by atoms with Crippen LogP contribution in [0.2, 0.25) is 0 Å². The van der Waals surface area contributed by atoms with E-state index in [1.54, 1.807) is 4.31 Å². The molecule has 2 N–H and O–H groups in total. The predicted molar refractivity (Wildman–Crippen MR) is 87.5 cm³/mol. The highest BCUT2D eigenvalue weighted by molar-refractivity contribution is 7.88. The number of sulfonamides is 1. The zero-order chi connectivity index (χ0) is 15.7. The molecule has 1 saturated heterocycles. The van der Waals surface area contributed by atoms with Gasteiger partial charge in [0.1, 0.15) is 0 Å². The summed E-state index contributed by atoms with van der Waals surface area (Å²) in [7, 11) is -3.05. The van der Waals surface area contributed by atoms with Crippen molar-refractivity contribution in [2.24, 2.45) is 23.0 Å². The maximum Gasteiger partial charge on any atom is 0.211 e. The van der Waals surface area contributed by atoms with Gasteiger partial charge in [-0.15, -0.1) is 0 Å². The Labute approximate surface area is 130 Å². The van der Waals surface area contributed by atoms with E-state index >= 15 is 0 Å². The van der Waals surface area contributed by atoms with Crippen LogP contribution >= 0.6 is 0 Å². The molecule has 1 saturated carbocycles. The van der Waals surface area contributed by atoms with Gasteiger partial charge >= 0.3 is 0 Å². The largest absolute Gasteiger partial charge is 0.327 e. The van der Waals surface area contributed by atoms with Gasteiger partial charge in [0.25, 0.3) is 0 Å². The molecule has 124 valence electrons. The second kappa shape index (κ2) is 6.55. The van der Waals surface area contributed by atoms with E-state index in [9.17, 15) is 8.42 Å². The molecule has 0 aromatic rings. The normalized spacial score (nSPS) is 32.8. The lowest BCUT2D eigenvalue weighted by atomic mass is 9.65. The first-order valence-corrected chi connectivity index (χ1v) is 10.3. The molecule has 1 aliphatic carbocycles. The molecule has 2 rings (SSSR count). The summed E-state index contributed by atoms with van der Waals surface area (Å²) in [6.07, 6.45) is 9.50. The Balaban J connectivity index is 1.94. The zero-order valence-electron chi connectivity index (χ0n) is 13.8. The molecule has 2 fully saturated rings. The van der Waals surface area contributed by atoms with Gasteiger partial charge in [-0.1, -0.05) is 26.7 Å². The summed E-state index contributed by atoms with van der Waals surface area (Å²) < 4.78 is 25.1. The lowest BCUT2D eigenvalue weighted by molar-refractivity contribution is 0.0968. The van der Waals surface area contributed by atoms with E-state index in [1.165, 1.54) is 31.9 Å². The Kier molecular flexibility index (Phi) is 5.37. The Hall–Kier alpha value is -0.130. The maximum absolute atomic E-state index is 11.7. The molecule has 2 aliphatic rings. The second-order valence-corrected chi connectivity index (χ2v) is 9.85. The molecule has 0 spiro atoms. The highest BCUT2D eigenvalue weighted by Crippen LogP contribution is 2.43. The minimum absolute atomic E-state index is 0.213. The average molecular weight is 317 g/mol. The summed E-state index contributed by atoms with van der Waals surface area (Å²) in [4.78, 5) is 0. The average Bonchev–Trinajstić information content (AvgIpc) is 2.37. The molecular weight excluding hydrogens is 284 g/mol. The molecule has 1 heterocycles.